The van der Waals surface area contributed by atoms with E-state index >= 15 is 0 Å². The third kappa shape index (κ3) is 2.71. The lowest BCUT2D eigenvalue weighted by Gasteiger charge is -2.24. The molecule has 0 saturated carbocycles. The molecule has 1 atom stereocenters. The molecule has 0 saturated heterocycles. The predicted octanol–water partition coefficient (Wildman–Crippen LogP) is 5.15. The highest BCUT2D eigenvalue weighted by Gasteiger charge is 2.25. The summed E-state index contributed by atoms with van der Waals surface area (Å²) in [5.41, 5.74) is 5.31. The SMILES string of the molecule is [CH2][C@@H]1COc2c(cc(Cl)c3nc(-c4cc(C)cc5nc(C)cnc45)sc23)O1. The second-order valence-corrected chi connectivity index (χ2v) is 8.03. The van der Waals surface area contributed by atoms with Gasteiger partial charge < -0.3 is 9.47 Å². The molecule has 0 unspecified atom stereocenters. The summed E-state index contributed by atoms with van der Waals surface area (Å²) in [6.45, 7) is 8.27. The Labute approximate surface area is 165 Å². The average molecular weight is 397 g/mol. The summed E-state index contributed by atoms with van der Waals surface area (Å²) in [4.78, 5) is 14.0. The van der Waals surface area contributed by atoms with Gasteiger partial charge in [-0.05, 0) is 38.5 Å². The van der Waals surface area contributed by atoms with Crippen LogP contribution in [0, 0.1) is 20.8 Å². The highest BCUT2D eigenvalue weighted by Crippen LogP contribution is 2.47. The van der Waals surface area contributed by atoms with E-state index in [4.69, 9.17) is 26.1 Å². The maximum atomic E-state index is 6.47. The van der Waals surface area contributed by atoms with Crippen molar-refractivity contribution in [2.75, 3.05) is 6.61 Å². The maximum absolute atomic E-state index is 6.47. The summed E-state index contributed by atoms with van der Waals surface area (Å²) in [6, 6.07) is 5.86. The predicted molar refractivity (Wildman–Crippen MR) is 108 cm³/mol. The van der Waals surface area contributed by atoms with Crippen molar-refractivity contribution in [2.24, 2.45) is 0 Å². The summed E-state index contributed by atoms with van der Waals surface area (Å²) >= 11 is 7.99. The van der Waals surface area contributed by atoms with Gasteiger partial charge in [-0.1, -0.05) is 11.6 Å². The highest BCUT2D eigenvalue weighted by molar-refractivity contribution is 7.22. The first kappa shape index (κ1) is 16.7. The molecule has 0 N–H and O–H groups in total. The molecule has 5 rings (SSSR count). The standard InChI is InChI=1S/C20H15ClN3O2S/c1-9-4-12(16-14(5-9)23-10(2)7-22-16)20-24-17-13(21)6-15-18(19(17)27-20)25-8-11(3)26-15/h4-7,11H,3,8H2,1-2H3/t11-/m1/s1. The van der Waals surface area contributed by atoms with Gasteiger partial charge in [0.1, 0.15) is 27.9 Å². The van der Waals surface area contributed by atoms with E-state index in [2.05, 4.69) is 23.0 Å². The number of aryl methyl sites for hydroxylation is 2. The lowest BCUT2D eigenvalue weighted by atomic mass is 10.1. The summed E-state index contributed by atoms with van der Waals surface area (Å²) in [7, 11) is 0. The summed E-state index contributed by atoms with van der Waals surface area (Å²) in [5.74, 6) is 1.29. The van der Waals surface area contributed by atoms with Crippen LogP contribution in [0.2, 0.25) is 5.02 Å². The molecule has 3 heterocycles. The number of nitrogens with zero attached hydrogens (tertiary/aromatic N) is 3. The quantitative estimate of drug-likeness (QED) is 0.445. The van der Waals surface area contributed by atoms with Crippen molar-refractivity contribution in [3.05, 3.63) is 47.6 Å². The fourth-order valence-corrected chi connectivity index (χ4v) is 4.64. The van der Waals surface area contributed by atoms with Crippen molar-refractivity contribution >= 4 is 44.2 Å². The minimum absolute atomic E-state index is 0.252. The topological polar surface area (TPSA) is 57.1 Å². The second kappa shape index (κ2) is 6.04. The zero-order valence-electron chi connectivity index (χ0n) is 14.7. The fourth-order valence-electron chi connectivity index (χ4n) is 3.25. The first-order valence-electron chi connectivity index (χ1n) is 8.49. The number of rotatable bonds is 1. The first-order chi connectivity index (χ1) is 13.0. The van der Waals surface area contributed by atoms with Gasteiger partial charge in [0.2, 0.25) is 0 Å². The van der Waals surface area contributed by atoms with Crippen molar-refractivity contribution in [2.45, 2.75) is 20.0 Å². The number of hydrogen-bond donors (Lipinski definition) is 0. The fraction of sp³-hybridized carbons (Fsp3) is 0.200. The number of aromatic nitrogens is 3. The van der Waals surface area contributed by atoms with Gasteiger partial charge in [0.25, 0.3) is 0 Å². The third-order valence-corrected chi connectivity index (χ3v) is 5.77. The third-order valence-electron chi connectivity index (χ3n) is 4.39. The Bertz CT molecular complexity index is 1220. The molecular formula is C20H15ClN3O2S. The number of halogens is 1. The normalized spacial score (nSPS) is 16.2. The average Bonchev–Trinajstić information content (AvgIpc) is 3.06. The van der Waals surface area contributed by atoms with Crippen molar-refractivity contribution in [3.8, 4) is 22.1 Å². The van der Waals surface area contributed by atoms with Crippen LogP contribution in [-0.2, 0) is 0 Å². The van der Waals surface area contributed by atoms with E-state index in [1.807, 2.05) is 19.9 Å². The Balaban J connectivity index is 1.78. The van der Waals surface area contributed by atoms with Gasteiger partial charge in [-0.2, -0.15) is 0 Å². The van der Waals surface area contributed by atoms with Gasteiger partial charge >= 0.3 is 0 Å². The largest absolute Gasteiger partial charge is 0.484 e. The van der Waals surface area contributed by atoms with E-state index in [1.54, 1.807) is 12.3 Å². The van der Waals surface area contributed by atoms with Crippen LogP contribution in [0.3, 0.4) is 0 Å². The molecule has 0 bridgehead atoms. The Hall–Kier alpha value is -2.44. The summed E-state index contributed by atoms with van der Waals surface area (Å²) < 4.78 is 12.5. The smallest absolute Gasteiger partial charge is 0.180 e. The number of fused-ring (bicyclic) bond motifs is 4. The molecule has 7 heteroatoms. The van der Waals surface area contributed by atoms with E-state index < -0.39 is 0 Å². The van der Waals surface area contributed by atoms with E-state index in [9.17, 15) is 0 Å². The van der Waals surface area contributed by atoms with Gasteiger partial charge in [-0.25, -0.2) is 9.97 Å². The van der Waals surface area contributed by atoms with E-state index in [1.165, 1.54) is 11.3 Å². The molecule has 1 aliphatic rings. The molecule has 0 amide bonds. The van der Waals surface area contributed by atoms with Crippen LogP contribution in [0.15, 0.2) is 24.4 Å². The minimum atomic E-state index is -0.252. The lowest BCUT2D eigenvalue weighted by molar-refractivity contribution is 0.123. The monoisotopic (exact) mass is 396 g/mol. The molecule has 4 aromatic rings. The molecule has 0 spiro atoms. The highest BCUT2D eigenvalue weighted by atomic mass is 35.5. The van der Waals surface area contributed by atoms with E-state index in [0.29, 0.717) is 28.6 Å². The molecule has 2 aromatic carbocycles. The number of thiazole rings is 1. The van der Waals surface area contributed by atoms with Crippen LogP contribution in [0.5, 0.6) is 11.5 Å². The Morgan fingerprint density at radius 2 is 2.04 bits per heavy atom. The van der Waals surface area contributed by atoms with Crippen molar-refractivity contribution in [1.29, 1.82) is 0 Å². The van der Waals surface area contributed by atoms with Gasteiger partial charge in [0, 0.05) is 17.8 Å². The molecule has 1 radical (unpaired) electrons. The van der Waals surface area contributed by atoms with Gasteiger partial charge in [0.15, 0.2) is 11.5 Å². The van der Waals surface area contributed by atoms with E-state index in [-0.39, 0.29) is 6.10 Å². The molecule has 0 aliphatic carbocycles. The van der Waals surface area contributed by atoms with Crippen LogP contribution in [0.25, 0.3) is 31.8 Å². The van der Waals surface area contributed by atoms with Crippen LogP contribution < -0.4 is 9.47 Å². The Morgan fingerprint density at radius 3 is 2.89 bits per heavy atom. The molecule has 135 valence electrons. The summed E-state index contributed by atoms with van der Waals surface area (Å²) in [5, 5.41) is 1.36. The van der Waals surface area contributed by atoms with Gasteiger partial charge in [0.05, 0.1) is 21.7 Å². The van der Waals surface area contributed by atoms with E-state index in [0.717, 1.165) is 37.6 Å². The molecule has 1 aliphatic heterocycles. The van der Waals surface area contributed by atoms with Crippen LogP contribution in [-0.4, -0.2) is 27.7 Å². The van der Waals surface area contributed by atoms with Crippen molar-refractivity contribution < 1.29 is 9.47 Å². The molecular weight excluding hydrogens is 382 g/mol. The van der Waals surface area contributed by atoms with Crippen LogP contribution in [0.4, 0.5) is 0 Å². The Kier molecular flexibility index (Phi) is 3.74. The van der Waals surface area contributed by atoms with Crippen molar-refractivity contribution in [3.63, 3.8) is 0 Å². The van der Waals surface area contributed by atoms with Gasteiger partial charge in [-0.3, -0.25) is 4.98 Å². The molecule has 5 nitrogen and oxygen atoms in total. The first-order valence-corrected chi connectivity index (χ1v) is 9.69. The van der Waals surface area contributed by atoms with Crippen LogP contribution in [0.1, 0.15) is 11.3 Å². The number of ether oxygens (including phenoxy) is 2. The molecule has 2 aromatic heterocycles. The molecule has 27 heavy (non-hydrogen) atoms. The molecule has 0 fully saturated rings. The zero-order valence-corrected chi connectivity index (χ0v) is 16.3. The maximum Gasteiger partial charge on any atom is 0.180 e. The van der Waals surface area contributed by atoms with Crippen molar-refractivity contribution in [1.82, 2.24) is 15.0 Å². The van der Waals surface area contributed by atoms with Gasteiger partial charge in [-0.15, -0.1) is 11.3 Å². The number of hydrogen-bond acceptors (Lipinski definition) is 6. The van der Waals surface area contributed by atoms with Crippen LogP contribution >= 0.6 is 22.9 Å². The Morgan fingerprint density at radius 1 is 1.19 bits per heavy atom. The lowest BCUT2D eigenvalue weighted by Crippen LogP contribution is -2.26. The number of benzene rings is 2. The minimum Gasteiger partial charge on any atom is -0.484 e. The second-order valence-electron chi connectivity index (χ2n) is 6.62. The summed E-state index contributed by atoms with van der Waals surface area (Å²) in [6.07, 6.45) is 1.52. The zero-order chi connectivity index (χ0) is 18.7.